The third kappa shape index (κ3) is 3.66. The van der Waals surface area contributed by atoms with Crippen molar-refractivity contribution in [1.82, 2.24) is 4.98 Å². The topological polar surface area (TPSA) is 86.8 Å². The first-order valence-corrected chi connectivity index (χ1v) is 8.64. The van der Waals surface area contributed by atoms with E-state index in [2.05, 4.69) is 4.98 Å². The van der Waals surface area contributed by atoms with Crippen molar-refractivity contribution in [2.75, 3.05) is 12.8 Å². The second kappa shape index (κ2) is 7.17. The van der Waals surface area contributed by atoms with Crippen LogP contribution in [-0.2, 0) is 0 Å². The number of aliphatic hydroxyl groups is 1. The molecule has 0 bridgehead atoms. The Kier molecular flexibility index (Phi) is 4.56. The second-order valence-corrected chi connectivity index (χ2v) is 6.37. The Labute approximate surface area is 157 Å². The van der Waals surface area contributed by atoms with Gasteiger partial charge in [0.2, 0.25) is 5.88 Å². The van der Waals surface area contributed by atoms with Crippen molar-refractivity contribution in [3.63, 3.8) is 0 Å². The van der Waals surface area contributed by atoms with Crippen LogP contribution in [0.25, 0.3) is 0 Å². The summed E-state index contributed by atoms with van der Waals surface area (Å²) in [7, 11) is 1.63. The number of hydrogen-bond acceptors (Lipinski definition) is 6. The average Bonchev–Trinajstić information content (AvgIpc) is 2.70. The minimum absolute atomic E-state index is 0.242. The summed E-state index contributed by atoms with van der Waals surface area (Å²) < 4.78 is 17.1. The van der Waals surface area contributed by atoms with Crippen molar-refractivity contribution in [2.24, 2.45) is 0 Å². The lowest BCUT2D eigenvalue weighted by atomic mass is 9.95. The fourth-order valence-electron chi connectivity index (χ4n) is 3.11. The van der Waals surface area contributed by atoms with Crippen LogP contribution in [0.1, 0.15) is 29.8 Å². The molecule has 0 saturated heterocycles. The zero-order valence-corrected chi connectivity index (χ0v) is 14.8. The fourth-order valence-corrected chi connectivity index (χ4v) is 3.11. The van der Waals surface area contributed by atoms with E-state index in [1.165, 1.54) is 6.20 Å². The number of benzene rings is 2. The lowest BCUT2D eigenvalue weighted by Gasteiger charge is -2.30. The van der Waals surface area contributed by atoms with Crippen LogP contribution in [0.2, 0.25) is 0 Å². The number of rotatable bonds is 4. The zero-order chi connectivity index (χ0) is 18.8. The minimum atomic E-state index is -0.659. The van der Waals surface area contributed by atoms with Gasteiger partial charge in [-0.3, -0.25) is 0 Å². The Hall–Kier alpha value is -3.25. The van der Waals surface area contributed by atoms with E-state index in [9.17, 15) is 5.11 Å². The molecule has 0 aliphatic carbocycles. The van der Waals surface area contributed by atoms with Gasteiger partial charge in [0.05, 0.1) is 25.1 Å². The molecule has 6 heteroatoms. The molecule has 2 unspecified atom stereocenters. The van der Waals surface area contributed by atoms with Crippen LogP contribution < -0.4 is 19.9 Å². The van der Waals surface area contributed by atoms with E-state index in [-0.39, 0.29) is 6.10 Å². The highest BCUT2D eigenvalue weighted by atomic mass is 16.5. The monoisotopic (exact) mass is 364 g/mol. The van der Waals surface area contributed by atoms with E-state index in [1.807, 2.05) is 24.3 Å². The standard InChI is InChI=1S/C21H20N2O4/c1-25-15-4-2-3-13(9-15)20-11-18(24)17-10-16(6-7-19(17)27-20)26-21-8-5-14(22)12-23-21/h2-10,12,18,20,24H,11,22H2,1H3. The van der Waals surface area contributed by atoms with Gasteiger partial charge >= 0.3 is 0 Å². The number of nitrogens with zero attached hydrogens (tertiary/aromatic N) is 1. The number of ether oxygens (including phenoxy) is 3. The molecule has 1 aromatic heterocycles. The summed E-state index contributed by atoms with van der Waals surface area (Å²) in [6, 6.07) is 16.5. The third-order valence-electron chi connectivity index (χ3n) is 4.49. The molecular weight excluding hydrogens is 344 g/mol. The van der Waals surface area contributed by atoms with E-state index in [0.29, 0.717) is 35.1 Å². The van der Waals surface area contributed by atoms with Crippen molar-refractivity contribution in [1.29, 1.82) is 0 Å². The number of nitrogens with two attached hydrogens (primary N) is 1. The number of nitrogen functional groups attached to an aromatic ring is 1. The molecular formula is C21H20N2O4. The SMILES string of the molecule is COc1cccc(C2CC(O)c3cc(Oc4ccc(N)cn4)ccc3O2)c1. The van der Waals surface area contributed by atoms with Gasteiger partial charge < -0.3 is 25.1 Å². The molecule has 2 heterocycles. The van der Waals surface area contributed by atoms with E-state index in [1.54, 1.807) is 37.4 Å². The smallest absolute Gasteiger partial charge is 0.219 e. The highest BCUT2D eigenvalue weighted by Crippen LogP contribution is 2.43. The van der Waals surface area contributed by atoms with Crippen LogP contribution in [0.15, 0.2) is 60.8 Å². The van der Waals surface area contributed by atoms with Crippen LogP contribution >= 0.6 is 0 Å². The van der Waals surface area contributed by atoms with Gasteiger partial charge in [-0.2, -0.15) is 0 Å². The van der Waals surface area contributed by atoms with Gasteiger partial charge in [0.25, 0.3) is 0 Å². The highest BCUT2D eigenvalue weighted by molar-refractivity contribution is 5.45. The molecule has 1 aliphatic rings. The predicted octanol–water partition coefficient (Wildman–Crippen LogP) is 4.02. The van der Waals surface area contributed by atoms with Crippen LogP contribution in [0.4, 0.5) is 5.69 Å². The summed E-state index contributed by atoms with van der Waals surface area (Å²) in [5.41, 5.74) is 7.86. The van der Waals surface area contributed by atoms with Gasteiger partial charge in [-0.1, -0.05) is 12.1 Å². The fraction of sp³-hybridized carbons (Fsp3) is 0.190. The first-order valence-electron chi connectivity index (χ1n) is 8.64. The molecule has 0 fully saturated rings. The van der Waals surface area contributed by atoms with Gasteiger partial charge in [-0.15, -0.1) is 0 Å². The maximum Gasteiger partial charge on any atom is 0.219 e. The summed E-state index contributed by atoms with van der Waals surface area (Å²) in [5.74, 6) is 2.41. The van der Waals surface area contributed by atoms with Crippen molar-refractivity contribution >= 4 is 5.69 Å². The summed E-state index contributed by atoms with van der Waals surface area (Å²) in [4.78, 5) is 4.12. The molecule has 2 atom stereocenters. The first kappa shape index (κ1) is 17.2. The molecule has 138 valence electrons. The van der Waals surface area contributed by atoms with Crippen LogP contribution in [-0.4, -0.2) is 17.2 Å². The molecule has 2 aromatic carbocycles. The molecule has 4 rings (SSSR count). The predicted molar refractivity (Wildman–Crippen MR) is 101 cm³/mol. The number of methoxy groups -OCH3 is 1. The Bertz CT molecular complexity index is 943. The molecule has 0 amide bonds. The number of anilines is 1. The lowest BCUT2D eigenvalue weighted by molar-refractivity contribution is 0.0654. The molecule has 6 nitrogen and oxygen atoms in total. The third-order valence-corrected chi connectivity index (χ3v) is 4.49. The first-order chi connectivity index (χ1) is 13.1. The van der Waals surface area contributed by atoms with Gasteiger partial charge in [0.1, 0.15) is 23.4 Å². The van der Waals surface area contributed by atoms with E-state index < -0.39 is 6.10 Å². The summed E-state index contributed by atoms with van der Waals surface area (Å²) >= 11 is 0. The van der Waals surface area contributed by atoms with E-state index in [0.717, 1.165) is 11.3 Å². The van der Waals surface area contributed by atoms with Crippen molar-refractivity contribution in [3.8, 4) is 23.1 Å². The number of pyridine rings is 1. The number of aliphatic hydroxyl groups excluding tert-OH is 1. The van der Waals surface area contributed by atoms with E-state index >= 15 is 0 Å². The van der Waals surface area contributed by atoms with Crippen LogP contribution in [0, 0.1) is 0 Å². The average molecular weight is 364 g/mol. The zero-order valence-electron chi connectivity index (χ0n) is 14.8. The number of aromatic nitrogens is 1. The lowest BCUT2D eigenvalue weighted by Crippen LogP contribution is -2.19. The molecule has 27 heavy (non-hydrogen) atoms. The molecule has 3 N–H and O–H groups in total. The Morgan fingerprint density at radius 2 is 2.00 bits per heavy atom. The Morgan fingerprint density at radius 3 is 2.78 bits per heavy atom. The molecule has 3 aromatic rings. The minimum Gasteiger partial charge on any atom is -0.497 e. The molecule has 0 radical (unpaired) electrons. The van der Waals surface area contributed by atoms with Crippen molar-refractivity contribution in [2.45, 2.75) is 18.6 Å². The summed E-state index contributed by atoms with van der Waals surface area (Å²) in [6.45, 7) is 0. The van der Waals surface area contributed by atoms with Gasteiger partial charge in [-0.05, 0) is 42.0 Å². The highest BCUT2D eigenvalue weighted by Gasteiger charge is 2.28. The van der Waals surface area contributed by atoms with E-state index in [4.69, 9.17) is 19.9 Å². The Morgan fingerprint density at radius 1 is 1.11 bits per heavy atom. The van der Waals surface area contributed by atoms with Gasteiger partial charge in [-0.25, -0.2) is 4.98 Å². The normalized spacial score (nSPS) is 18.3. The quantitative estimate of drug-likeness (QED) is 0.727. The molecule has 0 saturated carbocycles. The Balaban J connectivity index is 1.56. The second-order valence-electron chi connectivity index (χ2n) is 6.37. The largest absolute Gasteiger partial charge is 0.497 e. The van der Waals surface area contributed by atoms with Gasteiger partial charge in [0, 0.05) is 18.1 Å². The maximum absolute atomic E-state index is 10.6. The van der Waals surface area contributed by atoms with Gasteiger partial charge in [0.15, 0.2) is 0 Å². The number of hydrogen-bond donors (Lipinski definition) is 2. The van der Waals surface area contributed by atoms with Crippen LogP contribution in [0.5, 0.6) is 23.1 Å². The molecule has 0 spiro atoms. The van der Waals surface area contributed by atoms with Crippen molar-refractivity contribution in [3.05, 3.63) is 71.9 Å². The van der Waals surface area contributed by atoms with Crippen LogP contribution in [0.3, 0.4) is 0 Å². The van der Waals surface area contributed by atoms with Crippen molar-refractivity contribution < 1.29 is 19.3 Å². The summed E-state index contributed by atoms with van der Waals surface area (Å²) in [5, 5.41) is 10.6. The molecule has 1 aliphatic heterocycles. The maximum atomic E-state index is 10.6. The summed E-state index contributed by atoms with van der Waals surface area (Å²) in [6.07, 6.45) is 1.08. The number of fused-ring (bicyclic) bond motifs is 1.